The van der Waals surface area contributed by atoms with Gasteiger partial charge in [-0.05, 0) is 49.1 Å². The van der Waals surface area contributed by atoms with Crippen LogP contribution in [0.25, 0.3) is 0 Å². The van der Waals surface area contributed by atoms with Crippen LogP contribution in [0.5, 0.6) is 0 Å². The van der Waals surface area contributed by atoms with Crippen LogP contribution in [0.15, 0.2) is 17.5 Å². The highest BCUT2D eigenvalue weighted by Gasteiger charge is 2.48. The average Bonchev–Trinajstić information content (AvgIpc) is 3.06. The lowest BCUT2D eigenvalue weighted by Gasteiger charge is -2.45. The van der Waals surface area contributed by atoms with E-state index in [2.05, 4.69) is 37.1 Å². The van der Waals surface area contributed by atoms with E-state index < -0.39 is 0 Å². The molecule has 1 N–H and O–H groups in total. The number of fused-ring (bicyclic) bond motifs is 6. The number of halogens is 1. The molecule has 2 aliphatic carbocycles. The van der Waals surface area contributed by atoms with E-state index in [9.17, 15) is 0 Å². The Bertz CT molecular complexity index is 926. The molecule has 142 valence electrons. The largest absolute Gasteiger partial charge is 0.298 e. The number of nitrogens with one attached hydrogen (secondary N) is 1. The molecular weight excluding hydrogens is 364 g/mol. The summed E-state index contributed by atoms with van der Waals surface area (Å²) in [5, 5.41) is 13.8. The van der Waals surface area contributed by atoms with Crippen LogP contribution in [0, 0.1) is 11.3 Å². The first-order valence-corrected chi connectivity index (χ1v) is 10.3. The predicted octanol–water partition coefficient (Wildman–Crippen LogP) is 2.77. The van der Waals surface area contributed by atoms with Crippen LogP contribution in [0.1, 0.15) is 57.2 Å². The number of hydrogen-bond donors (Lipinski definition) is 1. The molecule has 2 aromatic rings. The van der Waals surface area contributed by atoms with Crippen LogP contribution in [0.4, 0.5) is 5.82 Å². The molecule has 2 aliphatic heterocycles. The Morgan fingerprint density at radius 2 is 2.11 bits per heavy atom. The number of hydrogen-bond acceptors (Lipinski definition) is 6. The van der Waals surface area contributed by atoms with Gasteiger partial charge in [0.15, 0.2) is 0 Å². The van der Waals surface area contributed by atoms with Gasteiger partial charge in [-0.3, -0.25) is 14.9 Å². The van der Waals surface area contributed by atoms with Gasteiger partial charge in [0.2, 0.25) is 5.28 Å². The molecular formula is C18H23ClN8. The van der Waals surface area contributed by atoms with Crippen LogP contribution in [-0.2, 0) is 6.42 Å². The Labute approximate surface area is 162 Å². The topological polar surface area (TPSA) is 76.2 Å². The minimum Gasteiger partial charge on any atom is -0.298 e. The Balaban J connectivity index is 1.43. The highest BCUT2D eigenvalue weighted by molar-refractivity contribution is 6.28. The predicted molar refractivity (Wildman–Crippen MR) is 102 cm³/mol. The van der Waals surface area contributed by atoms with Gasteiger partial charge in [-0.2, -0.15) is 4.68 Å². The number of anilines is 1. The van der Waals surface area contributed by atoms with Crippen molar-refractivity contribution in [2.24, 2.45) is 16.4 Å². The molecule has 6 rings (SSSR count). The molecule has 0 radical (unpaired) electrons. The van der Waals surface area contributed by atoms with E-state index in [1.807, 2.05) is 17.1 Å². The van der Waals surface area contributed by atoms with Crippen LogP contribution >= 0.6 is 11.6 Å². The molecule has 0 amide bonds. The van der Waals surface area contributed by atoms with Gasteiger partial charge in [0.05, 0.1) is 18.1 Å². The van der Waals surface area contributed by atoms with Crippen LogP contribution in [0.2, 0.25) is 5.28 Å². The third-order valence-electron chi connectivity index (χ3n) is 6.81. The minimum absolute atomic E-state index is 0.124. The lowest BCUT2D eigenvalue weighted by atomic mass is 9.80. The highest BCUT2D eigenvalue weighted by atomic mass is 35.5. The van der Waals surface area contributed by atoms with Crippen molar-refractivity contribution in [3.05, 3.63) is 23.4 Å². The van der Waals surface area contributed by atoms with Crippen molar-refractivity contribution in [2.75, 3.05) is 4.90 Å². The molecule has 0 bridgehead atoms. The third-order valence-corrected chi connectivity index (χ3v) is 7.09. The standard InChI is InChI=1S/C18H23ClN8/c1-18(6-7-18)8-11-9-21-24-27(11)17-23-22-15-12-4-2-3-5-13(12)25-14(26(15)17)10-20-16(25)19/h9-10,12-13,15,22H,2-8H2,1H3. The fourth-order valence-corrected chi connectivity index (χ4v) is 5.32. The number of imidazole rings is 1. The van der Waals surface area contributed by atoms with Crippen molar-refractivity contribution < 1.29 is 0 Å². The lowest BCUT2D eigenvalue weighted by Crippen LogP contribution is -2.55. The molecule has 0 aromatic carbocycles. The maximum absolute atomic E-state index is 6.50. The minimum atomic E-state index is 0.124. The molecule has 9 heteroatoms. The molecule has 2 aromatic heterocycles. The van der Waals surface area contributed by atoms with Crippen molar-refractivity contribution in [3.8, 4) is 0 Å². The van der Waals surface area contributed by atoms with E-state index >= 15 is 0 Å². The Hall–Kier alpha value is -2.09. The van der Waals surface area contributed by atoms with Gasteiger partial charge in [-0.15, -0.1) is 10.2 Å². The summed E-state index contributed by atoms with van der Waals surface area (Å²) in [6, 6.07) is 0.382. The van der Waals surface area contributed by atoms with Gasteiger partial charge in [-0.25, -0.2) is 4.98 Å². The van der Waals surface area contributed by atoms with Crippen molar-refractivity contribution in [1.82, 2.24) is 30.0 Å². The van der Waals surface area contributed by atoms with Gasteiger partial charge in [0.25, 0.3) is 5.96 Å². The second-order valence-electron chi connectivity index (χ2n) is 8.75. The van der Waals surface area contributed by atoms with Crippen molar-refractivity contribution in [3.63, 3.8) is 0 Å². The van der Waals surface area contributed by atoms with E-state index in [0.717, 1.165) is 36.7 Å². The maximum Gasteiger partial charge on any atom is 0.252 e. The number of rotatable bonds is 2. The molecule has 3 atom stereocenters. The van der Waals surface area contributed by atoms with Gasteiger partial charge < -0.3 is 0 Å². The van der Waals surface area contributed by atoms with Gasteiger partial charge >= 0.3 is 0 Å². The molecule has 2 fully saturated rings. The van der Waals surface area contributed by atoms with Crippen LogP contribution in [0.3, 0.4) is 0 Å². The molecule has 2 saturated carbocycles. The molecule has 8 nitrogen and oxygen atoms in total. The first-order valence-electron chi connectivity index (χ1n) is 9.90. The molecule has 3 unspecified atom stereocenters. The summed E-state index contributed by atoms with van der Waals surface area (Å²) >= 11 is 6.50. The summed E-state index contributed by atoms with van der Waals surface area (Å²) in [4.78, 5) is 6.64. The van der Waals surface area contributed by atoms with Crippen LogP contribution in [-0.4, -0.2) is 36.7 Å². The molecule has 27 heavy (non-hydrogen) atoms. The van der Waals surface area contributed by atoms with E-state index in [0.29, 0.717) is 22.7 Å². The summed E-state index contributed by atoms with van der Waals surface area (Å²) in [6.07, 6.45) is 12.2. The first kappa shape index (κ1) is 15.9. The fourth-order valence-electron chi connectivity index (χ4n) is 5.06. The Kier molecular flexibility index (Phi) is 3.22. The second-order valence-corrected chi connectivity index (χ2v) is 9.09. The monoisotopic (exact) mass is 386 g/mol. The zero-order valence-corrected chi connectivity index (χ0v) is 16.1. The molecule has 0 saturated heterocycles. The maximum atomic E-state index is 6.50. The van der Waals surface area contributed by atoms with Gasteiger partial charge in [-0.1, -0.05) is 25.0 Å². The summed E-state index contributed by atoms with van der Waals surface area (Å²) in [6.45, 7) is 2.32. The second kappa shape index (κ2) is 5.47. The van der Waals surface area contributed by atoms with Crippen molar-refractivity contribution >= 4 is 23.4 Å². The van der Waals surface area contributed by atoms with E-state index in [1.54, 1.807) is 0 Å². The zero-order chi connectivity index (χ0) is 18.2. The normalized spacial score (nSPS) is 30.2. The summed E-state index contributed by atoms with van der Waals surface area (Å²) < 4.78 is 4.09. The summed E-state index contributed by atoms with van der Waals surface area (Å²) in [5.74, 6) is 2.22. The SMILES string of the molecule is CC1(Cc2cnnn2C2=NNC3C4CCCCC4n4c(cnc4Cl)N23)CC1. The number of hydrazone groups is 1. The van der Waals surface area contributed by atoms with E-state index in [1.165, 1.54) is 25.7 Å². The van der Waals surface area contributed by atoms with Crippen molar-refractivity contribution in [1.29, 1.82) is 0 Å². The van der Waals surface area contributed by atoms with Gasteiger partial charge in [0.1, 0.15) is 12.0 Å². The first-order chi connectivity index (χ1) is 13.1. The number of nitrogens with zero attached hydrogens (tertiary/aromatic N) is 7. The third kappa shape index (κ3) is 2.28. The average molecular weight is 387 g/mol. The number of aromatic nitrogens is 5. The van der Waals surface area contributed by atoms with Crippen molar-refractivity contribution in [2.45, 2.75) is 64.1 Å². The van der Waals surface area contributed by atoms with E-state index in [4.69, 9.17) is 16.7 Å². The molecule has 4 aliphatic rings. The van der Waals surface area contributed by atoms with Gasteiger partial charge in [0, 0.05) is 12.0 Å². The smallest absolute Gasteiger partial charge is 0.252 e. The summed E-state index contributed by atoms with van der Waals surface area (Å²) in [5.41, 5.74) is 4.89. The summed E-state index contributed by atoms with van der Waals surface area (Å²) in [7, 11) is 0. The lowest BCUT2D eigenvalue weighted by molar-refractivity contribution is 0.176. The Morgan fingerprint density at radius 1 is 1.26 bits per heavy atom. The van der Waals surface area contributed by atoms with Crippen LogP contribution < -0.4 is 10.3 Å². The molecule has 0 spiro atoms. The van der Waals surface area contributed by atoms with E-state index in [-0.39, 0.29) is 6.17 Å². The quantitative estimate of drug-likeness (QED) is 0.858. The molecule has 4 heterocycles. The zero-order valence-electron chi connectivity index (χ0n) is 15.3. The fraction of sp³-hybridized carbons (Fsp3) is 0.667. The Morgan fingerprint density at radius 3 is 2.96 bits per heavy atom. The highest BCUT2D eigenvalue weighted by Crippen LogP contribution is 2.48.